The van der Waals surface area contributed by atoms with Crippen LogP contribution >= 0.6 is 11.3 Å². The average molecular weight is 468 g/mol. The quantitative estimate of drug-likeness (QED) is 0.249. The molecule has 0 radical (unpaired) electrons. The lowest BCUT2D eigenvalue weighted by Crippen LogP contribution is -2.14. The van der Waals surface area contributed by atoms with Crippen molar-refractivity contribution in [1.82, 2.24) is 0 Å². The Morgan fingerprint density at radius 1 is 1.06 bits per heavy atom. The molecule has 1 heterocycles. The molecule has 0 saturated heterocycles. The van der Waals surface area contributed by atoms with Crippen LogP contribution in [0.15, 0.2) is 12.1 Å². The molecule has 1 aromatic carbocycles. The predicted octanol–water partition coefficient (Wildman–Crippen LogP) is 2.58. The molecule has 2 N–H and O–H groups in total. The first kappa shape index (κ1) is 24.4. The Morgan fingerprint density at radius 2 is 1.72 bits per heavy atom. The zero-order valence-electron chi connectivity index (χ0n) is 17.6. The summed E-state index contributed by atoms with van der Waals surface area (Å²) in [5, 5.41) is 11.4. The molecule has 0 aliphatic rings. The largest absolute Gasteiger partial charge is 0.493 e. The highest BCUT2D eigenvalue weighted by Crippen LogP contribution is 2.36. The van der Waals surface area contributed by atoms with Crippen molar-refractivity contribution in [3.8, 4) is 11.5 Å². The Hall–Kier alpha value is -3.87. The van der Waals surface area contributed by atoms with Crippen LogP contribution in [0.4, 0.5) is 10.7 Å². The minimum atomic E-state index is -1.10. The van der Waals surface area contributed by atoms with Gasteiger partial charge in [-0.3, -0.25) is 10.1 Å². The number of rotatable bonds is 9. The summed E-state index contributed by atoms with van der Waals surface area (Å²) in [5.41, 5.74) is 4.63. The van der Waals surface area contributed by atoms with Gasteiger partial charge in [0.2, 0.25) is 0 Å². The number of anilines is 1. The number of carbonyl (C=O) groups excluding carboxylic acids is 3. The Morgan fingerprint density at radius 3 is 2.25 bits per heavy atom. The molecule has 0 atom stereocenters. The van der Waals surface area contributed by atoms with Gasteiger partial charge in [0.05, 0.1) is 38.9 Å². The van der Waals surface area contributed by atoms with Crippen molar-refractivity contribution in [1.29, 1.82) is 0 Å². The summed E-state index contributed by atoms with van der Waals surface area (Å²) in [7, 11) is 3.54. The van der Waals surface area contributed by atoms with E-state index in [4.69, 9.17) is 19.9 Å². The van der Waals surface area contributed by atoms with Gasteiger partial charge in [-0.25, -0.2) is 14.4 Å². The third kappa shape index (κ3) is 4.88. The Bertz CT molecular complexity index is 1060. The molecule has 0 amide bonds. The van der Waals surface area contributed by atoms with E-state index in [1.165, 1.54) is 7.11 Å². The lowest BCUT2D eigenvalue weighted by Gasteiger charge is -2.12. The van der Waals surface area contributed by atoms with Crippen molar-refractivity contribution in [2.75, 3.05) is 33.7 Å². The molecule has 0 saturated carbocycles. The van der Waals surface area contributed by atoms with Gasteiger partial charge in [0.1, 0.15) is 27.6 Å². The SMILES string of the molecule is CCOc1cc(C(=O)OCc2c(C(=O)OC)sc(N)c2C(=O)OC)c([N+](=O)[O-])cc1OC. The zero-order valence-corrected chi connectivity index (χ0v) is 18.4. The Kier molecular flexibility index (Phi) is 7.96. The molecular formula is C19H20N2O10S. The van der Waals surface area contributed by atoms with Crippen LogP contribution in [0.5, 0.6) is 11.5 Å². The van der Waals surface area contributed by atoms with E-state index in [2.05, 4.69) is 9.47 Å². The highest BCUT2D eigenvalue weighted by Gasteiger charge is 2.30. The van der Waals surface area contributed by atoms with Crippen LogP contribution in [-0.2, 0) is 20.8 Å². The fraction of sp³-hybridized carbons (Fsp3) is 0.316. The number of carbonyl (C=O) groups is 3. The first-order chi connectivity index (χ1) is 15.2. The monoisotopic (exact) mass is 468 g/mol. The number of nitro benzene ring substituents is 1. The van der Waals surface area contributed by atoms with Crippen LogP contribution in [-0.4, -0.2) is 50.8 Å². The molecular weight excluding hydrogens is 448 g/mol. The zero-order chi connectivity index (χ0) is 24.0. The van der Waals surface area contributed by atoms with E-state index in [0.29, 0.717) is 0 Å². The number of hydrogen-bond acceptors (Lipinski definition) is 12. The van der Waals surface area contributed by atoms with E-state index in [0.717, 1.165) is 37.7 Å². The maximum Gasteiger partial charge on any atom is 0.348 e. The van der Waals surface area contributed by atoms with Crippen LogP contribution in [0.25, 0.3) is 0 Å². The van der Waals surface area contributed by atoms with Crippen LogP contribution < -0.4 is 15.2 Å². The van der Waals surface area contributed by atoms with E-state index in [1.54, 1.807) is 6.92 Å². The summed E-state index contributed by atoms with van der Waals surface area (Å²) in [6.07, 6.45) is 0. The lowest BCUT2D eigenvalue weighted by molar-refractivity contribution is -0.385. The van der Waals surface area contributed by atoms with Gasteiger partial charge in [0.15, 0.2) is 11.5 Å². The maximum absolute atomic E-state index is 12.7. The Labute approximate surface area is 185 Å². The third-order valence-electron chi connectivity index (χ3n) is 4.14. The Balaban J connectivity index is 2.47. The van der Waals surface area contributed by atoms with Crippen molar-refractivity contribution in [3.63, 3.8) is 0 Å². The van der Waals surface area contributed by atoms with Crippen LogP contribution in [0.3, 0.4) is 0 Å². The summed E-state index contributed by atoms with van der Waals surface area (Å²) < 4.78 is 25.0. The number of benzene rings is 1. The topological polar surface area (TPSA) is 167 Å². The molecule has 0 unspecified atom stereocenters. The molecule has 172 valence electrons. The number of nitrogens with zero attached hydrogens (tertiary/aromatic N) is 1. The normalized spacial score (nSPS) is 10.2. The molecule has 2 rings (SSSR count). The predicted molar refractivity (Wildman–Crippen MR) is 111 cm³/mol. The number of hydrogen-bond donors (Lipinski definition) is 1. The summed E-state index contributed by atoms with van der Waals surface area (Å²) in [4.78, 5) is 47.5. The van der Waals surface area contributed by atoms with Gasteiger partial charge in [-0.2, -0.15) is 0 Å². The van der Waals surface area contributed by atoms with Gasteiger partial charge in [0.25, 0.3) is 5.69 Å². The molecule has 1 aromatic heterocycles. The number of thiophene rings is 1. The van der Waals surface area contributed by atoms with E-state index >= 15 is 0 Å². The maximum atomic E-state index is 12.7. The number of nitrogens with two attached hydrogens (primary N) is 1. The van der Waals surface area contributed by atoms with Crippen LogP contribution in [0.2, 0.25) is 0 Å². The van der Waals surface area contributed by atoms with E-state index in [9.17, 15) is 24.5 Å². The second-order valence-corrected chi connectivity index (χ2v) is 6.97. The van der Waals surface area contributed by atoms with Gasteiger partial charge in [0, 0.05) is 11.6 Å². The van der Waals surface area contributed by atoms with E-state index in [1.807, 2.05) is 0 Å². The van der Waals surface area contributed by atoms with E-state index < -0.39 is 40.7 Å². The fourth-order valence-corrected chi connectivity index (χ4v) is 3.69. The molecule has 2 aromatic rings. The minimum Gasteiger partial charge on any atom is -0.493 e. The summed E-state index contributed by atoms with van der Waals surface area (Å²) in [6.45, 7) is 1.29. The van der Waals surface area contributed by atoms with Gasteiger partial charge in [-0.1, -0.05) is 0 Å². The second kappa shape index (κ2) is 10.4. The average Bonchev–Trinajstić information content (AvgIpc) is 3.11. The van der Waals surface area contributed by atoms with Crippen LogP contribution in [0.1, 0.15) is 42.9 Å². The highest BCUT2D eigenvalue weighted by molar-refractivity contribution is 7.18. The number of nitrogen functional groups attached to an aromatic ring is 1. The summed E-state index contributed by atoms with van der Waals surface area (Å²) >= 11 is 0.753. The molecule has 0 spiro atoms. The number of methoxy groups -OCH3 is 3. The first-order valence-corrected chi connectivity index (χ1v) is 9.75. The van der Waals surface area contributed by atoms with Gasteiger partial charge in [-0.15, -0.1) is 11.3 Å². The van der Waals surface area contributed by atoms with E-state index in [-0.39, 0.29) is 39.1 Å². The minimum absolute atomic E-state index is 0.0410. The molecule has 0 bridgehead atoms. The standard InChI is InChI=1S/C19H20N2O10S/c1-5-30-13-6-9(11(21(25)26)7-12(13)27-2)17(22)31-8-10-14(18(23)28-3)16(20)32-15(10)19(24)29-4/h6-7H,5,8,20H2,1-4H3. The third-order valence-corrected chi connectivity index (χ3v) is 5.18. The second-order valence-electron chi connectivity index (χ2n) is 5.92. The van der Waals surface area contributed by atoms with Crippen molar-refractivity contribution in [2.45, 2.75) is 13.5 Å². The molecule has 13 heteroatoms. The number of esters is 3. The fourth-order valence-electron chi connectivity index (χ4n) is 2.71. The number of nitro groups is 1. The summed E-state index contributed by atoms with van der Waals surface area (Å²) in [5.74, 6) is -2.61. The first-order valence-electron chi connectivity index (χ1n) is 8.94. The molecule has 32 heavy (non-hydrogen) atoms. The molecule has 12 nitrogen and oxygen atoms in total. The van der Waals surface area contributed by atoms with Crippen molar-refractivity contribution < 1.29 is 43.0 Å². The molecule has 0 aliphatic heterocycles. The molecule has 0 aliphatic carbocycles. The van der Waals surface area contributed by atoms with Crippen molar-refractivity contribution in [2.24, 2.45) is 0 Å². The smallest absolute Gasteiger partial charge is 0.348 e. The van der Waals surface area contributed by atoms with Gasteiger partial charge >= 0.3 is 17.9 Å². The lowest BCUT2D eigenvalue weighted by atomic mass is 10.1. The van der Waals surface area contributed by atoms with Gasteiger partial charge < -0.3 is 29.4 Å². The van der Waals surface area contributed by atoms with Crippen molar-refractivity contribution in [3.05, 3.63) is 43.8 Å². The summed E-state index contributed by atoms with van der Waals surface area (Å²) in [6, 6.07) is 2.15. The van der Waals surface area contributed by atoms with Gasteiger partial charge in [-0.05, 0) is 6.92 Å². The van der Waals surface area contributed by atoms with Crippen molar-refractivity contribution >= 4 is 39.9 Å². The number of ether oxygens (including phenoxy) is 5. The van der Waals surface area contributed by atoms with Crippen LogP contribution in [0, 0.1) is 10.1 Å². The molecule has 0 fully saturated rings. The highest BCUT2D eigenvalue weighted by atomic mass is 32.1.